The van der Waals surface area contributed by atoms with E-state index in [1.165, 1.54) is 50.5 Å². The quantitative estimate of drug-likeness (QED) is 0.0624. The van der Waals surface area contributed by atoms with Gasteiger partial charge in [0.25, 0.3) is 21.9 Å². The number of thioether (sulfide) groups is 1. The van der Waals surface area contributed by atoms with Gasteiger partial charge in [0.2, 0.25) is 11.6 Å². The molecular formula is C58H61N4O8S2+. The summed E-state index contributed by atoms with van der Waals surface area (Å²) in [6, 6.07) is 27.7. The first-order valence-corrected chi connectivity index (χ1v) is 27.0. The van der Waals surface area contributed by atoms with Crippen LogP contribution in [0.15, 0.2) is 141 Å². The number of likely N-dealkylation sites (N-methyl/N-ethyl adjacent to an activating group) is 1. The molecule has 0 bridgehead atoms. The molecule has 9 rings (SSSR count). The maximum atomic E-state index is 13.0. The highest BCUT2D eigenvalue weighted by Crippen LogP contribution is 2.52. The van der Waals surface area contributed by atoms with Gasteiger partial charge in [-0.2, -0.15) is 13.0 Å². The average molecular weight is 1010 g/mol. The summed E-state index contributed by atoms with van der Waals surface area (Å²) in [7, 11) is -4.45. The minimum atomic E-state index is -4.45. The summed E-state index contributed by atoms with van der Waals surface area (Å²) in [6.45, 7) is 17.0. The Bertz CT molecular complexity index is 3360. The highest BCUT2D eigenvalue weighted by molar-refractivity contribution is 8.03. The number of amides is 3. The smallest absolute Gasteiger partial charge is 0.333 e. The van der Waals surface area contributed by atoms with E-state index in [1.54, 1.807) is 23.9 Å². The molecule has 0 unspecified atom stereocenters. The number of hydroxylamine groups is 2. The molecule has 3 aliphatic heterocycles. The second-order valence-electron chi connectivity index (χ2n) is 19.9. The van der Waals surface area contributed by atoms with Gasteiger partial charge in [-0.1, -0.05) is 74.2 Å². The zero-order valence-electron chi connectivity index (χ0n) is 41.9. The summed E-state index contributed by atoms with van der Waals surface area (Å²) in [5.74, 6) is -2.11. The van der Waals surface area contributed by atoms with Gasteiger partial charge >= 0.3 is 5.97 Å². The third kappa shape index (κ3) is 9.36. The standard InChI is InChI=1S/C58H60N4O8S2/c1-8-60-45-30-28-41-36(3)14-10-17-43(41)54(45)57(4,5)48(60)32-22-37-15-11-16-38(23-33-49-58(6,7)55-44-18-12-19-47(72(67,68)69)42(44)29-31-46(55)61(49)9-2)56(37)71-40-26-24-39(25-27-40)59-50(63)20-13-21-53(66)70-62-51(64)34-35-52(62)65/h10,12,14,17-19,22-33H,8-9,11,13,15-16,20-21,34-35H2,1-7H3,(H-,59,63,67,68,69)/p+1. The first-order valence-electron chi connectivity index (χ1n) is 24.8. The normalized spacial score (nSPS) is 18.7. The number of hydrogen-bond donors (Lipinski definition) is 2. The number of anilines is 2. The number of hydrogen-bond acceptors (Lipinski definition) is 9. The van der Waals surface area contributed by atoms with Crippen molar-refractivity contribution >= 4 is 89.9 Å². The average Bonchev–Trinajstić information content (AvgIpc) is 3.87. The summed E-state index contributed by atoms with van der Waals surface area (Å²) >= 11 is 1.70. The molecule has 72 heavy (non-hydrogen) atoms. The van der Waals surface area contributed by atoms with Gasteiger partial charge in [-0.05, 0) is 147 Å². The number of aryl methyl sites for hydroxylation is 1. The first kappa shape index (κ1) is 50.3. The van der Waals surface area contributed by atoms with E-state index < -0.39 is 33.3 Å². The van der Waals surface area contributed by atoms with E-state index in [0.29, 0.717) is 22.7 Å². The fraction of sp³-hybridized carbons (Fsp3) is 0.328. The molecule has 1 aliphatic carbocycles. The van der Waals surface area contributed by atoms with Crippen LogP contribution in [0.25, 0.3) is 21.5 Å². The lowest BCUT2D eigenvalue weighted by Crippen LogP contribution is -2.32. The van der Waals surface area contributed by atoms with Gasteiger partial charge in [-0.25, -0.2) is 4.79 Å². The zero-order valence-corrected chi connectivity index (χ0v) is 43.6. The van der Waals surface area contributed by atoms with Crippen LogP contribution in [0.1, 0.15) is 110 Å². The Balaban J connectivity index is 1.04. The van der Waals surface area contributed by atoms with Gasteiger partial charge in [0.1, 0.15) is 11.4 Å². The SMILES string of the molecule is CCN1/C(=C/C=C2\CCCC(/C=C/C3=[N+](CC)c4ccc5c(C)cccc5c4C3(C)C)=C2Sc2ccc(NC(=O)CCCC(=O)ON3C(=O)CCC3=O)cc2)C(C)(C)c2c1ccc1c(S(=O)(=O)O)cccc21. The van der Waals surface area contributed by atoms with Crippen LogP contribution in [0.5, 0.6) is 0 Å². The molecule has 0 radical (unpaired) electrons. The number of imide groups is 1. The number of rotatable bonds is 14. The number of carbonyl (C=O) groups excluding carboxylic acids is 4. The highest BCUT2D eigenvalue weighted by Gasteiger charge is 2.45. The highest BCUT2D eigenvalue weighted by atomic mass is 32.2. The molecule has 2 N–H and O–H groups in total. The van der Waals surface area contributed by atoms with E-state index in [0.717, 1.165) is 57.9 Å². The Labute approximate surface area is 425 Å². The summed E-state index contributed by atoms with van der Waals surface area (Å²) in [5, 5.41) is 7.27. The molecule has 0 aromatic heterocycles. The van der Waals surface area contributed by atoms with Crippen LogP contribution in [0, 0.1) is 6.92 Å². The molecule has 372 valence electrons. The molecule has 0 spiro atoms. The Hall–Kier alpha value is -6.61. The minimum Gasteiger partial charge on any atom is -0.344 e. The Kier molecular flexibility index (Phi) is 13.8. The molecule has 1 fully saturated rings. The number of benzene rings is 5. The number of carbonyl (C=O) groups is 4. The molecule has 0 saturated carbocycles. The van der Waals surface area contributed by atoms with Crippen LogP contribution < -0.4 is 10.2 Å². The minimum absolute atomic E-state index is 0.0130. The van der Waals surface area contributed by atoms with E-state index in [9.17, 15) is 32.1 Å². The van der Waals surface area contributed by atoms with Crippen molar-refractivity contribution in [1.82, 2.24) is 5.06 Å². The van der Waals surface area contributed by atoms with Crippen molar-refractivity contribution < 1.29 is 41.6 Å². The van der Waals surface area contributed by atoms with Crippen LogP contribution in [0.3, 0.4) is 0 Å². The summed E-state index contributed by atoms with van der Waals surface area (Å²) in [4.78, 5) is 58.2. The van der Waals surface area contributed by atoms with E-state index in [1.807, 2.05) is 36.4 Å². The maximum absolute atomic E-state index is 13.0. The second kappa shape index (κ2) is 19.8. The van der Waals surface area contributed by atoms with Crippen molar-refractivity contribution in [3.8, 4) is 0 Å². The number of allylic oxidation sites excluding steroid dienone is 7. The summed E-state index contributed by atoms with van der Waals surface area (Å²) in [5.41, 5.74) is 10.4. The Morgan fingerprint density at radius 1 is 0.792 bits per heavy atom. The van der Waals surface area contributed by atoms with Crippen molar-refractivity contribution in [3.63, 3.8) is 0 Å². The molecule has 1 saturated heterocycles. The predicted octanol–water partition coefficient (Wildman–Crippen LogP) is 12.1. The fourth-order valence-corrected chi connectivity index (χ4v) is 13.0. The van der Waals surface area contributed by atoms with Crippen LogP contribution in [-0.4, -0.2) is 65.1 Å². The molecule has 4 aliphatic rings. The third-order valence-corrected chi connectivity index (χ3v) is 16.7. The van der Waals surface area contributed by atoms with Gasteiger partial charge in [0, 0.05) is 87.6 Å². The van der Waals surface area contributed by atoms with Crippen molar-refractivity contribution in [2.24, 2.45) is 0 Å². The third-order valence-electron chi connectivity index (χ3n) is 14.6. The van der Waals surface area contributed by atoms with E-state index in [2.05, 4.69) is 118 Å². The molecule has 3 heterocycles. The first-order chi connectivity index (χ1) is 34.3. The lowest BCUT2D eigenvalue weighted by Gasteiger charge is -2.27. The van der Waals surface area contributed by atoms with E-state index in [4.69, 9.17) is 4.84 Å². The Morgan fingerprint density at radius 3 is 2.18 bits per heavy atom. The maximum Gasteiger partial charge on any atom is 0.333 e. The van der Waals surface area contributed by atoms with Crippen LogP contribution in [-0.2, 0) is 45.0 Å². The van der Waals surface area contributed by atoms with Crippen LogP contribution >= 0.6 is 11.8 Å². The molecule has 5 aromatic rings. The summed E-state index contributed by atoms with van der Waals surface area (Å²) in [6.07, 6.45) is 12.0. The van der Waals surface area contributed by atoms with Crippen LogP contribution in [0.2, 0.25) is 0 Å². The lowest BCUT2D eigenvalue weighted by molar-refractivity contribution is -0.433. The van der Waals surface area contributed by atoms with Crippen LogP contribution in [0.4, 0.5) is 17.1 Å². The van der Waals surface area contributed by atoms with Crippen molar-refractivity contribution in [2.45, 2.75) is 120 Å². The fourth-order valence-electron chi connectivity index (χ4n) is 11.1. The Morgan fingerprint density at radius 2 is 1.49 bits per heavy atom. The number of nitrogens with zero attached hydrogens (tertiary/aromatic N) is 3. The zero-order chi connectivity index (χ0) is 51.3. The van der Waals surface area contributed by atoms with Gasteiger partial charge < -0.3 is 15.1 Å². The number of nitrogens with one attached hydrogen (secondary N) is 1. The topological polar surface area (TPSA) is 153 Å². The molecule has 0 atom stereocenters. The second-order valence-corrected chi connectivity index (χ2v) is 22.4. The van der Waals surface area contributed by atoms with Crippen molar-refractivity contribution in [2.75, 3.05) is 23.3 Å². The monoisotopic (exact) mass is 1010 g/mol. The van der Waals surface area contributed by atoms with Crippen molar-refractivity contribution in [1.29, 1.82) is 0 Å². The van der Waals surface area contributed by atoms with Gasteiger partial charge in [-0.15, -0.1) is 5.06 Å². The lowest BCUT2D eigenvalue weighted by atomic mass is 9.78. The molecule has 3 amide bonds. The summed E-state index contributed by atoms with van der Waals surface area (Å²) < 4.78 is 37.6. The van der Waals surface area contributed by atoms with Crippen molar-refractivity contribution in [3.05, 3.63) is 148 Å². The van der Waals surface area contributed by atoms with E-state index in [-0.39, 0.29) is 48.3 Å². The number of fused-ring (bicyclic) bond motifs is 6. The molecule has 5 aromatic carbocycles. The molecule has 12 nitrogen and oxygen atoms in total. The van der Waals surface area contributed by atoms with E-state index >= 15 is 0 Å². The van der Waals surface area contributed by atoms with Gasteiger partial charge in [-0.3, -0.25) is 18.9 Å². The van der Waals surface area contributed by atoms with Gasteiger partial charge in [0.05, 0.1) is 5.41 Å². The predicted molar refractivity (Wildman–Crippen MR) is 285 cm³/mol. The molecule has 14 heteroatoms. The van der Waals surface area contributed by atoms with Gasteiger partial charge in [0.15, 0.2) is 5.71 Å². The largest absolute Gasteiger partial charge is 0.344 e. The molecular weight excluding hydrogens is 945 g/mol.